The molecule has 4 rings (SSSR count). The van der Waals surface area contributed by atoms with Gasteiger partial charge in [0.1, 0.15) is 5.75 Å². The molecule has 3 aromatic carbocycles. The van der Waals surface area contributed by atoms with E-state index in [0.29, 0.717) is 5.75 Å². The molecule has 1 heterocycles. The van der Waals surface area contributed by atoms with Gasteiger partial charge in [-0.2, -0.15) is 0 Å². The number of benzene rings is 3. The summed E-state index contributed by atoms with van der Waals surface area (Å²) in [6, 6.07) is 19.4. The number of anilines is 2. The van der Waals surface area contributed by atoms with Gasteiger partial charge in [0.05, 0.1) is 11.4 Å². The van der Waals surface area contributed by atoms with Gasteiger partial charge < -0.3 is 10.4 Å². The number of phenols is 1. The van der Waals surface area contributed by atoms with Gasteiger partial charge in [-0.1, -0.05) is 89.7 Å². The molecule has 3 heteroatoms. The molecule has 0 saturated carbocycles. The van der Waals surface area contributed by atoms with Crippen molar-refractivity contribution in [3.8, 4) is 5.75 Å². The van der Waals surface area contributed by atoms with E-state index in [1.165, 1.54) is 32.3 Å². The highest BCUT2D eigenvalue weighted by Crippen LogP contribution is 2.46. The van der Waals surface area contributed by atoms with Crippen LogP contribution < -0.4 is 5.32 Å². The Morgan fingerprint density at radius 1 is 0.800 bits per heavy atom. The summed E-state index contributed by atoms with van der Waals surface area (Å²) in [5, 5.41) is 14.7. The second-order valence-electron chi connectivity index (χ2n) is 10.2. The second kappa shape index (κ2) is 7.39. The standard InChI is InChI=1S/C27H31NOS/c1-26(2,3)19-15-17(16-20(25(19)29)27(4,5)6)14-18-10-9-13-23-24(18)28-21-11-7-8-12-22(21)30-23/h7-13,15-16,28-29H,14H2,1-6H3. The molecule has 0 amide bonds. The average molecular weight is 418 g/mol. The number of hydrogen-bond acceptors (Lipinski definition) is 3. The van der Waals surface area contributed by atoms with Gasteiger partial charge in [0.15, 0.2) is 0 Å². The molecule has 2 nitrogen and oxygen atoms in total. The maximum atomic E-state index is 11.0. The zero-order valence-corrected chi connectivity index (χ0v) is 19.6. The second-order valence-corrected chi connectivity index (χ2v) is 11.3. The van der Waals surface area contributed by atoms with Gasteiger partial charge in [0, 0.05) is 9.79 Å². The summed E-state index contributed by atoms with van der Waals surface area (Å²) < 4.78 is 0. The Labute approximate surface area is 184 Å². The van der Waals surface area contributed by atoms with Gasteiger partial charge >= 0.3 is 0 Å². The van der Waals surface area contributed by atoms with E-state index in [-0.39, 0.29) is 10.8 Å². The minimum absolute atomic E-state index is 0.122. The van der Waals surface area contributed by atoms with Crippen molar-refractivity contribution in [2.75, 3.05) is 5.32 Å². The van der Waals surface area contributed by atoms with Crippen LogP contribution in [0, 0.1) is 0 Å². The number of phenolic OH excluding ortho intramolecular Hbond substituents is 1. The summed E-state index contributed by atoms with van der Waals surface area (Å²) in [6.07, 6.45) is 0.825. The van der Waals surface area contributed by atoms with Crippen LogP contribution in [0.15, 0.2) is 64.4 Å². The molecule has 1 aliphatic rings. The minimum Gasteiger partial charge on any atom is -0.507 e. The van der Waals surface area contributed by atoms with Crippen molar-refractivity contribution in [3.63, 3.8) is 0 Å². The fourth-order valence-electron chi connectivity index (χ4n) is 4.02. The number of rotatable bonds is 2. The van der Waals surface area contributed by atoms with Gasteiger partial charge in [-0.25, -0.2) is 0 Å². The number of fused-ring (bicyclic) bond motifs is 2. The zero-order valence-electron chi connectivity index (χ0n) is 18.8. The van der Waals surface area contributed by atoms with Crippen molar-refractivity contribution in [1.82, 2.24) is 0 Å². The van der Waals surface area contributed by atoms with E-state index < -0.39 is 0 Å². The normalized spacial score (nSPS) is 13.4. The highest BCUT2D eigenvalue weighted by atomic mass is 32.2. The van der Waals surface area contributed by atoms with Crippen LogP contribution in [-0.4, -0.2) is 5.11 Å². The van der Waals surface area contributed by atoms with Gasteiger partial charge in [0.2, 0.25) is 0 Å². The third-order valence-corrected chi connectivity index (χ3v) is 6.80. The Kier molecular flexibility index (Phi) is 5.14. The first-order valence-electron chi connectivity index (χ1n) is 10.6. The van der Waals surface area contributed by atoms with Crippen molar-refractivity contribution in [2.24, 2.45) is 0 Å². The first kappa shape index (κ1) is 20.9. The van der Waals surface area contributed by atoms with Crippen molar-refractivity contribution in [3.05, 3.63) is 76.9 Å². The van der Waals surface area contributed by atoms with E-state index in [4.69, 9.17) is 0 Å². The van der Waals surface area contributed by atoms with E-state index in [9.17, 15) is 5.11 Å². The highest BCUT2D eigenvalue weighted by Gasteiger charge is 2.27. The quantitative estimate of drug-likeness (QED) is 0.349. The van der Waals surface area contributed by atoms with Crippen LogP contribution in [0.2, 0.25) is 0 Å². The molecule has 0 atom stereocenters. The lowest BCUT2D eigenvalue weighted by Crippen LogP contribution is -2.18. The summed E-state index contributed by atoms with van der Waals surface area (Å²) >= 11 is 1.82. The predicted molar refractivity (Wildman–Crippen MR) is 129 cm³/mol. The molecular weight excluding hydrogens is 386 g/mol. The van der Waals surface area contributed by atoms with Crippen molar-refractivity contribution < 1.29 is 5.11 Å². The summed E-state index contributed by atoms with van der Waals surface area (Å²) in [5.41, 5.74) is 6.67. The van der Waals surface area contributed by atoms with Crippen molar-refractivity contribution in [2.45, 2.75) is 68.6 Å². The molecule has 156 valence electrons. The molecule has 3 aromatic rings. The molecule has 0 fully saturated rings. The number of hydrogen-bond donors (Lipinski definition) is 2. The Morgan fingerprint density at radius 3 is 2.03 bits per heavy atom. The first-order valence-corrected chi connectivity index (χ1v) is 11.4. The molecule has 2 N–H and O–H groups in total. The smallest absolute Gasteiger partial charge is 0.123 e. The van der Waals surface area contributed by atoms with Crippen LogP contribution in [0.4, 0.5) is 11.4 Å². The average Bonchev–Trinajstić information content (AvgIpc) is 2.66. The fourth-order valence-corrected chi connectivity index (χ4v) is 5.07. The highest BCUT2D eigenvalue weighted by molar-refractivity contribution is 7.99. The fraction of sp³-hybridized carbons (Fsp3) is 0.333. The lowest BCUT2D eigenvalue weighted by Gasteiger charge is -2.29. The summed E-state index contributed by atoms with van der Waals surface area (Å²) in [7, 11) is 0. The van der Waals surface area contributed by atoms with E-state index in [1.54, 1.807) is 0 Å². The molecule has 1 aliphatic heterocycles. The maximum absolute atomic E-state index is 11.0. The summed E-state index contributed by atoms with van der Waals surface area (Å²) in [6.45, 7) is 13.0. The summed E-state index contributed by atoms with van der Waals surface area (Å²) in [4.78, 5) is 2.52. The Balaban J connectivity index is 1.78. The van der Waals surface area contributed by atoms with Crippen molar-refractivity contribution in [1.29, 1.82) is 0 Å². The lowest BCUT2D eigenvalue weighted by molar-refractivity contribution is 0.423. The first-order chi connectivity index (χ1) is 14.0. The Bertz CT molecular complexity index is 1070. The topological polar surface area (TPSA) is 32.3 Å². The van der Waals surface area contributed by atoms with Gasteiger partial charge in [-0.3, -0.25) is 0 Å². The van der Waals surface area contributed by atoms with Crippen LogP contribution in [0.1, 0.15) is 63.8 Å². The van der Waals surface area contributed by atoms with Gasteiger partial charge in [-0.15, -0.1) is 0 Å². The number of aromatic hydroxyl groups is 1. The molecular formula is C27H31NOS. The van der Waals surface area contributed by atoms with Gasteiger partial charge in [-0.05, 0) is 57.7 Å². The molecule has 0 radical (unpaired) electrons. The monoisotopic (exact) mass is 417 g/mol. The van der Waals surface area contributed by atoms with E-state index in [2.05, 4.69) is 101 Å². The molecule has 0 unspecified atom stereocenters. The molecule has 0 bridgehead atoms. The zero-order chi connectivity index (χ0) is 21.7. The van der Waals surface area contributed by atoms with Crippen LogP contribution in [-0.2, 0) is 17.3 Å². The number of nitrogens with one attached hydrogen (secondary N) is 1. The van der Waals surface area contributed by atoms with E-state index >= 15 is 0 Å². The largest absolute Gasteiger partial charge is 0.507 e. The van der Waals surface area contributed by atoms with Crippen molar-refractivity contribution >= 4 is 23.1 Å². The summed E-state index contributed by atoms with van der Waals surface area (Å²) in [5.74, 6) is 0.441. The molecule has 30 heavy (non-hydrogen) atoms. The maximum Gasteiger partial charge on any atom is 0.123 e. The lowest BCUT2D eigenvalue weighted by atomic mass is 9.78. The predicted octanol–water partition coefficient (Wildman–Crippen LogP) is 7.79. The Hall–Kier alpha value is -2.39. The van der Waals surface area contributed by atoms with Gasteiger partial charge in [0.25, 0.3) is 0 Å². The van der Waals surface area contributed by atoms with Crippen LogP contribution in [0.5, 0.6) is 5.75 Å². The van der Waals surface area contributed by atoms with E-state index in [0.717, 1.165) is 17.5 Å². The Morgan fingerprint density at radius 2 is 1.40 bits per heavy atom. The third-order valence-electron chi connectivity index (χ3n) is 5.66. The van der Waals surface area contributed by atoms with E-state index in [1.807, 2.05) is 11.8 Å². The molecule has 0 spiro atoms. The van der Waals surface area contributed by atoms with Crippen LogP contribution in [0.25, 0.3) is 0 Å². The third kappa shape index (κ3) is 3.96. The minimum atomic E-state index is -0.122. The molecule has 0 saturated heterocycles. The number of para-hydroxylation sites is 2. The van der Waals surface area contributed by atoms with Crippen LogP contribution >= 0.6 is 11.8 Å². The van der Waals surface area contributed by atoms with Crippen LogP contribution in [0.3, 0.4) is 0 Å². The molecule has 0 aromatic heterocycles. The molecule has 0 aliphatic carbocycles. The SMILES string of the molecule is CC(C)(C)c1cc(Cc2cccc3c2Nc2ccccc2S3)cc(C(C)(C)C)c1O.